The molecule has 0 saturated heterocycles. The molecule has 0 spiro atoms. The molecule has 0 aromatic rings. The molecule has 0 heterocycles. The van der Waals surface area contributed by atoms with E-state index in [1.807, 2.05) is 0 Å². The predicted molar refractivity (Wildman–Crippen MR) is 50.6 cm³/mol. The number of hydrogen-bond acceptors (Lipinski definition) is 4. The van der Waals surface area contributed by atoms with Crippen LogP contribution in [-0.4, -0.2) is 30.8 Å². The lowest BCUT2D eigenvalue weighted by Gasteiger charge is -1.94. The quantitative estimate of drug-likeness (QED) is 0.688. The molecule has 0 amide bonds. The summed E-state index contributed by atoms with van der Waals surface area (Å²) in [5.74, 6) is 0. The van der Waals surface area contributed by atoms with E-state index in [0.29, 0.717) is 0 Å². The van der Waals surface area contributed by atoms with Crippen LogP contribution < -0.4 is 0 Å². The van der Waals surface area contributed by atoms with Gasteiger partial charge in [0, 0.05) is 10.8 Å². The van der Waals surface area contributed by atoms with Crippen molar-refractivity contribution >= 4 is 9.84 Å². The van der Waals surface area contributed by atoms with Crippen LogP contribution in [0.1, 0.15) is 13.8 Å². The lowest BCUT2D eigenvalue weighted by Crippen LogP contribution is -1.98. The first-order chi connectivity index (χ1) is 5.83. The first kappa shape index (κ1) is 12.3. The van der Waals surface area contributed by atoms with Crippen molar-refractivity contribution < 1.29 is 18.6 Å². The third-order valence-electron chi connectivity index (χ3n) is 1.09. The maximum Gasteiger partial charge on any atom is 0.192 e. The molecule has 2 unspecified atom stereocenters. The van der Waals surface area contributed by atoms with Gasteiger partial charge in [-0.2, -0.15) is 0 Å². The van der Waals surface area contributed by atoms with Crippen LogP contribution in [0.3, 0.4) is 0 Å². The Bertz CT molecular complexity index is 261. The van der Waals surface area contributed by atoms with E-state index in [-0.39, 0.29) is 0 Å². The minimum Gasteiger partial charge on any atom is -0.389 e. The van der Waals surface area contributed by atoms with Gasteiger partial charge in [-0.05, 0) is 26.0 Å². The van der Waals surface area contributed by atoms with Crippen LogP contribution in [0, 0.1) is 0 Å². The van der Waals surface area contributed by atoms with E-state index in [1.165, 1.54) is 13.8 Å². The molecule has 0 rings (SSSR count). The predicted octanol–water partition coefficient (Wildman–Crippen LogP) is 0.190. The first-order valence-corrected chi connectivity index (χ1v) is 5.42. The van der Waals surface area contributed by atoms with Gasteiger partial charge in [-0.1, -0.05) is 0 Å². The maximum absolute atomic E-state index is 11.0. The summed E-state index contributed by atoms with van der Waals surface area (Å²) in [6.07, 6.45) is 0.716. The summed E-state index contributed by atoms with van der Waals surface area (Å²) in [4.78, 5) is 0. The van der Waals surface area contributed by atoms with Gasteiger partial charge in [0.1, 0.15) is 0 Å². The van der Waals surface area contributed by atoms with Gasteiger partial charge in [0.15, 0.2) is 9.84 Å². The molecule has 0 saturated carbocycles. The molecule has 0 aliphatic heterocycles. The van der Waals surface area contributed by atoms with E-state index in [4.69, 9.17) is 10.2 Å². The lowest BCUT2D eigenvalue weighted by molar-refractivity contribution is 0.244. The molecule has 5 heteroatoms. The van der Waals surface area contributed by atoms with Gasteiger partial charge in [-0.3, -0.25) is 0 Å². The number of aliphatic hydroxyl groups is 2. The summed E-state index contributed by atoms with van der Waals surface area (Å²) in [7, 11) is -3.45. The van der Waals surface area contributed by atoms with Gasteiger partial charge >= 0.3 is 0 Å². The first-order valence-electron chi connectivity index (χ1n) is 3.81. The minimum atomic E-state index is -3.45. The Morgan fingerprint density at radius 1 is 1.00 bits per heavy atom. The Morgan fingerprint density at radius 2 is 1.31 bits per heavy atom. The molecule has 4 nitrogen and oxygen atoms in total. The van der Waals surface area contributed by atoms with Crippen LogP contribution >= 0.6 is 0 Å². The third kappa shape index (κ3) is 7.70. The van der Waals surface area contributed by atoms with Crippen molar-refractivity contribution in [2.75, 3.05) is 0 Å². The van der Waals surface area contributed by atoms with Crippen molar-refractivity contribution in [2.45, 2.75) is 26.1 Å². The Kier molecular flexibility index (Phi) is 4.90. The van der Waals surface area contributed by atoms with Gasteiger partial charge < -0.3 is 10.2 Å². The highest BCUT2D eigenvalue weighted by Crippen LogP contribution is 1.98. The van der Waals surface area contributed by atoms with E-state index in [9.17, 15) is 8.42 Å². The molecule has 0 aromatic carbocycles. The lowest BCUT2D eigenvalue weighted by atomic mass is 10.4. The fourth-order valence-corrected chi connectivity index (χ4v) is 1.48. The van der Waals surface area contributed by atoms with Gasteiger partial charge in [0.05, 0.1) is 12.2 Å². The second-order valence-corrected chi connectivity index (χ2v) is 4.45. The zero-order chi connectivity index (χ0) is 10.5. The van der Waals surface area contributed by atoms with Gasteiger partial charge in [-0.15, -0.1) is 0 Å². The highest BCUT2D eigenvalue weighted by Gasteiger charge is 2.00. The van der Waals surface area contributed by atoms with E-state index in [0.717, 1.165) is 23.0 Å². The molecule has 2 atom stereocenters. The summed E-state index contributed by atoms with van der Waals surface area (Å²) in [6, 6.07) is 0. The van der Waals surface area contributed by atoms with Crippen LogP contribution in [0.4, 0.5) is 0 Å². The molecule has 0 radical (unpaired) electrons. The van der Waals surface area contributed by atoms with Crippen LogP contribution in [0.15, 0.2) is 23.0 Å². The molecule has 0 aliphatic rings. The molecule has 76 valence electrons. The minimum absolute atomic E-state index is 0.797. The van der Waals surface area contributed by atoms with Crippen molar-refractivity contribution in [1.29, 1.82) is 0 Å². The largest absolute Gasteiger partial charge is 0.389 e. The Hall–Kier alpha value is -0.650. The summed E-state index contributed by atoms with van der Waals surface area (Å²) in [6.45, 7) is 2.90. The zero-order valence-corrected chi connectivity index (χ0v) is 8.40. The van der Waals surface area contributed by atoms with E-state index in [2.05, 4.69) is 0 Å². The average molecular weight is 206 g/mol. The number of sulfone groups is 1. The number of hydrogen-bond donors (Lipinski definition) is 2. The molecule has 0 aromatic heterocycles. The van der Waals surface area contributed by atoms with Crippen molar-refractivity contribution in [3.05, 3.63) is 23.0 Å². The third-order valence-corrected chi connectivity index (χ3v) is 2.17. The van der Waals surface area contributed by atoms with Gasteiger partial charge in [0.25, 0.3) is 0 Å². The standard InChI is InChI=1S/C8H14O4S/c1-7(9)3-5-13(11,12)6-4-8(2)10/h3-10H,1-2H3/b5-3+,6-4+. The molecule has 13 heavy (non-hydrogen) atoms. The van der Waals surface area contributed by atoms with E-state index < -0.39 is 22.0 Å². The summed E-state index contributed by atoms with van der Waals surface area (Å²) < 4.78 is 22.1. The van der Waals surface area contributed by atoms with Crippen LogP contribution in [0.5, 0.6) is 0 Å². The van der Waals surface area contributed by atoms with E-state index >= 15 is 0 Å². The van der Waals surface area contributed by atoms with Gasteiger partial charge in [0.2, 0.25) is 0 Å². The molecular weight excluding hydrogens is 192 g/mol. The highest BCUT2D eigenvalue weighted by molar-refractivity contribution is 7.97. The van der Waals surface area contributed by atoms with Crippen molar-refractivity contribution in [3.63, 3.8) is 0 Å². The number of rotatable bonds is 4. The molecule has 2 N–H and O–H groups in total. The molecule has 0 bridgehead atoms. The Balaban J connectivity index is 4.43. The SMILES string of the molecule is CC(O)/C=C/S(=O)(=O)/C=C/C(C)O. The highest BCUT2D eigenvalue weighted by atomic mass is 32.2. The van der Waals surface area contributed by atoms with Crippen molar-refractivity contribution in [3.8, 4) is 0 Å². The fraction of sp³-hybridized carbons (Fsp3) is 0.500. The molecular formula is C8H14O4S. The van der Waals surface area contributed by atoms with Crippen LogP contribution in [-0.2, 0) is 9.84 Å². The monoisotopic (exact) mass is 206 g/mol. The van der Waals surface area contributed by atoms with Crippen LogP contribution in [0.2, 0.25) is 0 Å². The second kappa shape index (κ2) is 5.16. The molecule has 0 fully saturated rings. The number of aliphatic hydroxyl groups excluding tert-OH is 2. The average Bonchev–Trinajstić information content (AvgIpc) is 1.98. The van der Waals surface area contributed by atoms with Crippen LogP contribution in [0.25, 0.3) is 0 Å². The topological polar surface area (TPSA) is 74.6 Å². The Labute approximate surface area is 78.1 Å². The van der Waals surface area contributed by atoms with Gasteiger partial charge in [-0.25, -0.2) is 8.42 Å². The smallest absolute Gasteiger partial charge is 0.192 e. The zero-order valence-electron chi connectivity index (χ0n) is 7.58. The fourth-order valence-electron chi connectivity index (χ4n) is 0.492. The summed E-state index contributed by atoms with van der Waals surface area (Å²) >= 11 is 0. The second-order valence-electron chi connectivity index (χ2n) is 2.73. The summed E-state index contributed by atoms with van der Waals surface area (Å²) in [5.41, 5.74) is 0. The van der Waals surface area contributed by atoms with E-state index in [1.54, 1.807) is 0 Å². The van der Waals surface area contributed by atoms with Crippen molar-refractivity contribution in [1.82, 2.24) is 0 Å². The van der Waals surface area contributed by atoms with Crippen molar-refractivity contribution in [2.24, 2.45) is 0 Å². The summed E-state index contributed by atoms with van der Waals surface area (Å²) in [5, 5.41) is 19.3. The normalized spacial score (nSPS) is 18.2. The molecule has 0 aliphatic carbocycles. The Morgan fingerprint density at radius 3 is 1.54 bits per heavy atom. The maximum atomic E-state index is 11.0.